The van der Waals surface area contributed by atoms with E-state index in [1.165, 1.54) is 25.4 Å². The van der Waals surface area contributed by atoms with Crippen LogP contribution in [0.4, 0.5) is 8.78 Å². The summed E-state index contributed by atoms with van der Waals surface area (Å²) in [6.07, 6.45) is -1.19. The molecule has 24 heavy (non-hydrogen) atoms. The maximum Gasteiger partial charge on any atom is 0.497 e. The van der Waals surface area contributed by atoms with Crippen LogP contribution < -0.4 is 10.2 Å². The highest BCUT2D eigenvalue weighted by atomic mass is 19.3. The molecule has 0 N–H and O–H groups in total. The molecule has 0 bridgehead atoms. The van der Waals surface area contributed by atoms with Crippen LogP contribution in [0.5, 0.6) is 5.88 Å². The van der Waals surface area contributed by atoms with Crippen molar-refractivity contribution in [3.8, 4) is 5.88 Å². The van der Waals surface area contributed by atoms with Crippen molar-refractivity contribution in [3.63, 3.8) is 0 Å². The summed E-state index contributed by atoms with van der Waals surface area (Å²) in [5, 5.41) is 0. The molecule has 1 aliphatic heterocycles. The van der Waals surface area contributed by atoms with Gasteiger partial charge in [-0.1, -0.05) is 6.07 Å². The molecular formula is C16H19BF2N2O3. The van der Waals surface area contributed by atoms with Crippen molar-refractivity contribution in [2.45, 2.75) is 45.3 Å². The van der Waals surface area contributed by atoms with Crippen molar-refractivity contribution in [1.82, 2.24) is 9.97 Å². The van der Waals surface area contributed by atoms with E-state index in [0.717, 1.165) is 0 Å². The number of nitrogens with zero attached hydrogens (tertiary/aromatic N) is 2. The van der Waals surface area contributed by atoms with Crippen LogP contribution in [-0.2, 0) is 9.31 Å². The molecular weight excluding hydrogens is 317 g/mol. The Balaban J connectivity index is 2.16. The van der Waals surface area contributed by atoms with Gasteiger partial charge in [0.1, 0.15) is 0 Å². The minimum Gasteiger partial charge on any atom is -0.480 e. The lowest BCUT2D eigenvalue weighted by molar-refractivity contribution is 0.00578. The molecule has 0 radical (unpaired) electrons. The van der Waals surface area contributed by atoms with Gasteiger partial charge in [0.05, 0.1) is 35.5 Å². The minimum atomic E-state index is -2.64. The van der Waals surface area contributed by atoms with Crippen LogP contribution in [0.3, 0.4) is 0 Å². The molecule has 2 aromatic rings. The van der Waals surface area contributed by atoms with E-state index < -0.39 is 24.7 Å². The van der Waals surface area contributed by atoms with E-state index >= 15 is 0 Å². The van der Waals surface area contributed by atoms with Gasteiger partial charge < -0.3 is 14.0 Å². The summed E-state index contributed by atoms with van der Waals surface area (Å²) >= 11 is 0. The Labute approximate surface area is 139 Å². The van der Waals surface area contributed by atoms with Crippen LogP contribution in [-0.4, -0.2) is 35.4 Å². The largest absolute Gasteiger partial charge is 0.497 e. The molecule has 3 rings (SSSR count). The summed E-state index contributed by atoms with van der Waals surface area (Å²) < 4.78 is 43.6. The first-order chi connectivity index (χ1) is 11.1. The fourth-order valence-corrected chi connectivity index (χ4v) is 2.53. The van der Waals surface area contributed by atoms with Crippen molar-refractivity contribution in [1.29, 1.82) is 0 Å². The van der Waals surface area contributed by atoms with Crippen LogP contribution >= 0.6 is 0 Å². The second kappa shape index (κ2) is 5.63. The lowest BCUT2D eigenvalue weighted by Crippen LogP contribution is -2.41. The van der Waals surface area contributed by atoms with E-state index in [2.05, 4.69) is 9.97 Å². The van der Waals surface area contributed by atoms with Gasteiger partial charge in [-0.05, 0) is 33.8 Å². The zero-order valence-electron chi connectivity index (χ0n) is 14.3. The molecule has 0 atom stereocenters. The van der Waals surface area contributed by atoms with Gasteiger partial charge in [0.15, 0.2) is 0 Å². The number of methoxy groups -OCH3 is 1. The summed E-state index contributed by atoms with van der Waals surface area (Å²) in [6.45, 7) is 7.61. The van der Waals surface area contributed by atoms with Gasteiger partial charge >= 0.3 is 7.12 Å². The number of hydrogen-bond acceptors (Lipinski definition) is 5. The molecule has 2 heterocycles. The van der Waals surface area contributed by atoms with E-state index in [9.17, 15) is 8.78 Å². The van der Waals surface area contributed by atoms with Gasteiger partial charge in [-0.3, -0.25) is 0 Å². The second-order valence-corrected chi connectivity index (χ2v) is 6.78. The van der Waals surface area contributed by atoms with E-state index in [4.69, 9.17) is 14.0 Å². The summed E-state index contributed by atoms with van der Waals surface area (Å²) in [7, 11) is 0.654. The number of aromatic nitrogens is 2. The summed E-state index contributed by atoms with van der Waals surface area (Å²) in [6, 6.07) is 2.68. The van der Waals surface area contributed by atoms with E-state index in [1.807, 2.05) is 27.7 Å². The fraction of sp³-hybridized carbons (Fsp3) is 0.500. The maximum atomic E-state index is 13.3. The van der Waals surface area contributed by atoms with Gasteiger partial charge in [-0.15, -0.1) is 0 Å². The highest BCUT2D eigenvalue weighted by Gasteiger charge is 2.52. The molecule has 128 valence electrons. The summed E-state index contributed by atoms with van der Waals surface area (Å²) in [5.41, 5.74) is -0.0999. The third-order valence-electron chi connectivity index (χ3n) is 4.64. The number of fused-ring (bicyclic) bond motifs is 1. The molecule has 1 fully saturated rings. The van der Waals surface area contributed by atoms with Crippen LogP contribution in [0.25, 0.3) is 11.0 Å². The Morgan fingerprint density at radius 2 is 1.75 bits per heavy atom. The van der Waals surface area contributed by atoms with Crippen molar-refractivity contribution in [3.05, 3.63) is 23.9 Å². The van der Waals surface area contributed by atoms with Gasteiger partial charge in [0.2, 0.25) is 5.88 Å². The molecule has 1 saturated heterocycles. The van der Waals surface area contributed by atoms with Crippen LogP contribution in [0.15, 0.2) is 18.3 Å². The monoisotopic (exact) mass is 336 g/mol. The number of halogens is 2. The number of alkyl halides is 2. The number of ether oxygens (including phenoxy) is 1. The molecule has 0 aliphatic carbocycles. The summed E-state index contributed by atoms with van der Waals surface area (Å²) in [4.78, 5) is 8.51. The Morgan fingerprint density at radius 1 is 1.12 bits per heavy atom. The van der Waals surface area contributed by atoms with Gasteiger partial charge in [-0.25, -0.2) is 18.7 Å². The van der Waals surface area contributed by atoms with Crippen molar-refractivity contribution >= 4 is 23.6 Å². The van der Waals surface area contributed by atoms with Crippen molar-refractivity contribution < 1.29 is 22.8 Å². The smallest absolute Gasteiger partial charge is 0.480 e. The zero-order chi connectivity index (χ0) is 17.7. The van der Waals surface area contributed by atoms with Crippen molar-refractivity contribution in [2.75, 3.05) is 7.11 Å². The summed E-state index contributed by atoms with van der Waals surface area (Å²) in [5.74, 6) is 0.258. The first kappa shape index (κ1) is 17.0. The molecule has 1 aliphatic rings. The van der Waals surface area contributed by atoms with E-state index in [0.29, 0.717) is 16.5 Å². The minimum absolute atomic E-state index is 0.158. The van der Waals surface area contributed by atoms with E-state index in [1.54, 1.807) is 0 Å². The maximum absolute atomic E-state index is 13.3. The lowest BCUT2D eigenvalue weighted by atomic mass is 9.77. The highest BCUT2D eigenvalue weighted by Crippen LogP contribution is 2.37. The molecule has 5 nitrogen and oxygen atoms in total. The Morgan fingerprint density at radius 3 is 2.29 bits per heavy atom. The average Bonchev–Trinajstić information content (AvgIpc) is 2.73. The number of benzene rings is 1. The molecule has 1 aromatic heterocycles. The Hall–Kier alpha value is -1.80. The van der Waals surface area contributed by atoms with Crippen molar-refractivity contribution in [2.24, 2.45) is 0 Å². The Kier molecular flexibility index (Phi) is 4.00. The quantitative estimate of drug-likeness (QED) is 0.807. The normalized spacial score (nSPS) is 19.2. The topological polar surface area (TPSA) is 53.5 Å². The van der Waals surface area contributed by atoms with Gasteiger partial charge in [0.25, 0.3) is 6.43 Å². The molecule has 8 heteroatoms. The predicted molar refractivity (Wildman–Crippen MR) is 86.8 cm³/mol. The molecule has 1 aromatic carbocycles. The molecule has 0 saturated carbocycles. The Bertz CT molecular complexity index is 767. The third kappa shape index (κ3) is 2.73. The molecule has 0 spiro atoms. The first-order valence-electron chi connectivity index (χ1n) is 7.63. The van der Waals surface area contributed by atoms with Gasteiger partial charge in [-0.2, -0.15) is 0 Å². The zero-order valence-corrected chi connectivity index (χ0v) is 14.3. The van der Waals surface area contributed by atoms with E-state index in [-0.39, 0.29) is 11.4 Å². The number of hydrogen-bond donors (Lipinski definition) is 0. The second-order valence-electron chi connectivity index (χ2n) is 6.78. The van der Waals surface area contributed by atoms with Gasteiger partial charge in [0, 0.05) is 11.0 Å². The fourth-order valence-electron chi connectivity index (χ4n) is 2.53. The standard InChI is InChI=1S/C16H19BF2N2O3/c1-15(2)16(3,4)24-17(23-15)10-6-9(14(18)19)7-11-13(10)20-8-12(21-11)22-5/h6-8,14H,1-5H3. The van der Waals surface area contributed by atoms with Crippen LogP contribution in [0.1, 0.15) is 39.7 Å². The molecule has 0 amide bonds. The third-order valence-corrected chi connectivity index (χ3v) is 4.64. The highest BCUT2D eigenvalue weighted by molar-refractivity contribution is 6.64. The lowest BCUT2D eigenvalue weighted by Gasteiger charge is -2.32. The SMILES string of the molecule is COc1cnc2c(B3OC(C)(C)C(C)(C)O3)cc(C(F)F)cc2n1. The predicted octanol–water partition coefficient (Wildman–Crippen LogP) is 2.88. The first-order valence-corrected chi connectivity index (χ1v) is 7.63. The van der Waals surface area contributed by atoms with Crippen LogP contribution in [0, 0.1) is 0 Å². The molecule has 0 unspecified atom stereocenters. The average molecular weight is 336 g/mol. The number of rotatable bonds is 3. The van der Waals surface area contributed by atoms with Crippen LogP contribution in [0.2, 0.25) is 0 Å².